The van der Waals surface area contributed by atoms with E-state index in [0.717, 1.165) is 12.1 Å². The number of ether oxygens (including phenoxy) is 1. The Morgan fingerprint density at radius 1 is 1.08 bits per heavy atom. The number of aromatic nitrogens is 1. The second-order valence-corrected chi connectivity index (χ2v) is 10.4. The molecule has 4 nitrogen and oxygen atoms in total. The summed E-state index contributed by atoms with van der Waals surface area (Å²) in [4.78, 5) is 6.88. The van der Waals surface area contributed by atoms with Gasteiger partial charge in [0.1, 0.15) is 35.0 Å². The third-order valence-corrected chi connectivity index (χ3v) is 6.94. The lowest BCUT2D eigenvalue weighted by Gasteiger charge is -2.39. The van der Waals surface area contributed by atoms with Crippen molar-refractivity contribution in [3.8, 4) is 5.75 Å². The zero-order valence-corrected chi connectivity index (χ0v) is 20.4. The number of benzene rings is 2. The first kappa shape index (κ1) is 25.0. The van der Waals surface area contributed by atoms with Gasteiger partial charge in [0.2, 0.25) is 0 Å². The average Bonchev–Trinajstić information content (AvgIpc) is 3.15. The zero-order chi connectivity index (χ0) is 25.6. The molecular weight excluding hydrogens is 477 g/mol. The smallest absolute Gasteiger partial charge is 0.135 e. The normalized spacial score (nSPS) is 19.5. The van der Waals surface area contributed by atoms with Crippen molar-refractivity contribution in [1.29, 1.82) is 0 Å². The van der Waals surface area contributed by atoms with E-state index in [1.807, 2.05) is 4.90 Å². The first-order valence-corrected chi connectivity index (χ1v) is 12.3. The van der Waals surface area contributed by atoms with Crippen LogP contribution in [-0.4, -0.2) is 66.0 Å². The van der Waals surface area contributed by atoms with Crippen molar-refractivity contribution in [3.05, 3.63) is 64.6 Å². The summed E-state index contributed by atoms with van der Waals surface area (Å²) in [5.41, 5.74) is -0.170. The van der Waals surface area contributed by atoms with E-state index in [0.29, 0.717) is 61.2 Å². The minimum absolute atomic E-state index is 0.0527. The number of alkyl halides is 2. The molecule has 0 saturated carbocycles. The van der Waals surface area contributed by atoms with Crippen LogP contribution in [-0.2, 0) is 6.42 Å². The molecule has 2 aromatic carbocycles. The molecule has 0 bridgehead atoms. The Bertz CT molecular complexity index is 1230. The fourth-order valence-corrected chi connectivity index (χ4v) is 5.48. The predicted octanol–water partition coefficient (Wildman–Crippen LogP) is 5.70. The van der Waals surface area contributed by atoms with Crippen molar-refractivity contribution in [2.75, 3.05) is 39.4 Å². The van der Waals surface area contributed by atoms with Crippen molar-refractivity contribution >= 4 is 10.9 Å². The number of aromatic amines is 1. The summed E-state index contributed by atoms with van der Waals surface area (Å²) >= 11 is 0. The van der Waals surface area contributed by atoms with Gasteiger partial charge in [-0.3, -0.25) is 14.2 Å². The van der Waals surface area contributed by atoms with Crippen molar-refractivity contribution < 1.29 is 26.7 Å². The van der Waals surface area contributed by atoms with Crippen LogP contribution in [0.15, 0.2) is 30.3 Å². The molecule has 5 rings (SSSR count). The highest BCUT2D eigenvalue weighted by molar-refractivity contribution is 5.86. The second kappa shape index (κ2) is 9.67. The lowest BCUT2D eigenvalue weighted by molar-refractivity contribution is 0.0180. The molecule has 1 fully saturated rings. The molecule has 0 radical (unpaired) electrons. The summed E-state index contributed by atoms with van der Waals surface area (Å²) in [5, 5.41) is 0.403. The van der Waals surface area contributed by atoms with Crippen molar-refractivity contribution in [3.63, 3.8) is 0 Å². The predicted molar refractivity (Wildman–Crippen MR) is 128 cm³/mol. The third-order valence-electron chi connectivity index (χ3n) is 6.94. The lowest BCUT2D eigenvalue weighted by Crippen LogP contribution is -2.53. The minimum atomic E-state index is -1.61. The number of nitrogens with one attached hydrogen (secondary N) is 1. The maximum Gasteiger partial charge on any atom is 0.135 e. The highest BCUT2D eigenvalue weighted by atomic mass is 19.2. The van der Waals surface area contributed by atoms with Crippen LogP contribution in [0.4, 0.5) is 22.0 Å². The Morgan fingerprint density at radius 2 is 1.81 bits per heavy atom. The largest absolute Gasteiger partial charge is 0.488 e. The fourth-order valence-electron chi connectivity index (χ4n) is 5.48. The van der Waals surface area contributed by atoms with Crippen LogP contribution in [0.5, 0.6) is 5.75 Å². The van der Waals surface area contributed by atoms with E-state index >= 15 is 8.78 Å². The van der Waals surface area contributed by atoms with Gasteiger partial charge in [-0.1, -0.05) is 6.07 Å². The van der Waals surface area contributed by atoms with Gasteiger partial charge in [0.15, 0.2) is 0 Å². The summed E-state index contributed by atoms with van der Waals surface area (Å²) in [7, 11) is 0. The number of fused-ring (bicyclic) bond motifs is 3. The standard InChI is InChI=1S/C27H30F5N3O/c1-27(2,32)15-35-10-7-18-23-19(29)5-3-6-22(23)33-25(18)26(35)24-20(30)11-16(12-21(24)31)36-17-13-34(14-17)9-4-8-28/h3,5-6,11-12,17,26,33H,4,7-10,13-15H2,1-2H3/t26-/m0/s1. The molecule has 9 heteroatoms. The number of hydrogen-bond donors (Lipinski definition) is 1. The van der Waals surface area contributed by atoms with Crippen LogP contribution in [0.3, 0.4) is 0 Å². The van der Waals surface area contributed by atoms with Gasteiger partial charge in [-0.05, 0) is 44.4 Å². The molecule has 2 aliphatic heterocycles. The number of hydrogen-bond acceptors (Lipinski definition) is 3. The van der Waals surface area contributed by atoms with E-state index < -0.39 is 29.2 Å². The van der Waals surface area contributed by atoms with E-state index in [2.05, 4.69) is 4.98 Å². The van der Waals surface area contributed by atoms with Gasteiger partial charge in [-0.25, -0.2) is 17.6 Å². The Balaban J connectivity index is 1.49. The molecular formula is C27H30F5N3O. The molecule has 1 aromatic heterocycles. The Labute approximate surface area is 207 Å². The van der Waals surface area contributed by atoms with Gasteiger partial charge in [-0.15, -0.1) is 0 Å². The maximum atomic E-state index is 15.6. The second-order valence-electron chi connectivity index (χ2n) is 10.4. The van der Waals surface area contributed by atoms with Crippen LogP contribution < -0.4 is 4.74 Å². The van der Waals surface area contributed by atoms with Crippen molar-refractivity contribution in [2.45, 2.75) is 44.5 Å². The van der Waals surface area contributed by atoms with Crippen LogP contribution >= 0.6 is 0 Å². The van der Waals surface area contributed by atoms with Crippen LogP contribution in [0.25, 0.3) is 10.9 Å². The summed E-state index contributed by atoms with van der Waals surface area (Å²) in [6.45, 7) is 4.47. The summed E-state index contributed by atoms with van der Waals surface area (Å²) in [6, 6.07) is 6.00. The van der Waals surface area contributed by atoms with Gasteiger partial charge in [0, 0.05) is 67.0 Å². The Kier molecular flexibility index (Phi) is 6.72. The quantitative estimate of drug-likeness (QED) is 0.397. The van der Waals surface area contributed by atoms with Gasteiger partial charge < -0.3 is 9.72 Å². The Morgan fingerprint density at radius 3 is 2.47 bits per heavy atom. The van der Waals surface area contributed by atoms with Crippen LogP contribution in [0.2, 0.25) is 0 Å². The molecule has 1 N–H and O–H groups in total. The molecule has 1 atom stereocenters. The van der Waals surface area contributed by atoms with Gasteiger partial charge in [-0.2, -0.15) is 0 Å². The number of rotatable bonds is 8. The molecule has 0 spiro atoms. The first-order chi connectivity index (χ1) is 17.1. The molecule has 3 heterocycles. The van der Waals surface area contributed by atoms with Gasteiger partial charge in [0.25, 0.3) is 0 Å². The average molecular weight is 508 g/mol. The summed E-state index contributed by atoms with van der Waals surface area (Å²) < 4.78 is 78.7. The van der Waals surface area contributed by atoms with E-state index in [9.17, 15) is 13.2 Å². The van der Waals surface area contributed by atoms with E-state index in [1.165, 1.54) is 19.9 Å². The number of halogens is 5. The summed E-state index contributed by atoms with van der Waals surface area (Å²) in [5.74, 6) is -1.96. The highest BCUT2D eigenvalue weighted by Gasteiger charge is 2.38. The maximum absolute atomic E-state index is 15.6. The monoisotopic (exact) mass is 507 g/mol. The third kappa shape index (κ3) is 4.83. The van der Waals surface area contributed by atoms with Crippen molar-refractivity contribution in [1.82, 2.24) is 14.8 Å². The highest BCUT2D eigenvalue weighted by Crippen LogP contribution is 2.42. The Hall–Kier alpha value is -2.65. The van der Waals surface area contributed by atoms with Crippen LogP contribution in [0.1, 0.15) is 43.1 Å². The lowest BCUT2D eigenvalue weighted by atomic mass is 9.90. The fraction of sp³-hybridized carbons (Fsp3) is 0.481. The SMILES string of the molecule is CC(C)(F)CN1CCc2c([nH]c3cccc(F)c23)[C@@H]1c1c(F)cc(OC2CN(CCCF)C2)cc1F. The first-order valence-electron chi connectivity index (χ1n) is 12.3. The molecule has 0 unspecified atom stereocenters. The number of likely N-dealkylation sites (tertiary alicyclic amines) is 1. The van der Waals surface area contributed by atoms with E-state index in [-0.39, 0.29) is 30.6 Å². The molecule has 2 aliphatic rings. The van der Waals surface area contributed by atoms with Crippen LogP contribution in [0, 0.1) is 17.5 Å². The van der Waals surface area contributed by atoms with Gasteiger partial charge in [0.05, 0.1) is 12.7 Å². The molecule has 194 valence electrons. The topological polar surface area (TPSA) is 31.5 Å². The molecule has 3 aromatic rings. The number of nitrogens with zero attached hydrogens (tertiary/aromatic N) is 2. The number of H-pyrrole nitrogens is 1. The summed E-state index contributed by atoms with van der Waals surface area (Å²) in [6.07, 6.45) is 0.641. The van der Waals surface area contributed by atoms with E-state index in [4.69, 9.17) is 4.74 Å². The molecule has 1 saturated heterocycles. The minimum Gasteiger partial charge on any atom is -0.488 e. The zero-order valence-electron chi connectivity index (χ0n) is 20.4. The molecule has 36 heavy (non-hydrogen) atoms. The van der Waals surface area contributed by atoms with E-state index in [1.54, 1.807) is 17.0 Å². The molecule has 0 amide bonds. The van der Waals surface area contributed by atoms with Crippen molar-refractivity contribution in [2.24, 2.45) is 0 Å². The molecule has 0 aliphatic carbocycles. The van der Waals surface area contributed by atoms with Gasteiger partial charge >= 0.3 is 0 Å².